The van der Waals surface area contributed by atoms with Gasteiger partial charge in [-0.3, -0.25) is 4.98 Å². The van der Waals surface area contributed by atoms with Gasteiger partial charge in [-0.1, -0.05) is 12.1 Å². The Labute approximate surface area is 112 Å². The molecule has 1 aliphatic rings. The van der Waals surface area contributed by atoms with Crippen molar-refractivity contribution >= 4 is 22.7 Å². The molecule has 18 heavy (non-hydrogen) atoms. The molecule has 0 amide bonds. The molecule has 1 saturated heterocycles. The standard InChI is InChI=1S/C15H18N2S/c1-2-14-8-12(3-4-15(14)17-6-1)9-16-10-13-5-7-18-11-13/h1-4,6,8,13,16H,5,7,9-11H2. The van der Waals surface area contributed by atoms with E-state index in [1.807, 2.05) is 12.3 Å². The minimum absolute atomic E-state index is 0.872. The molecule has 2 heterocycles. The Kier molecular flexibility index (Phi) is 3.81. The molecule has 0 aliphatic carbocycles. The van der Waals surface area contributed by atoms with Crippen LogP contribution in [0.3, 0.4) is 0 Å². The lowest BCUT2D eigenvalue weighted by atomic mass is 10.1. The summed E-state index contributed by atoms with van der Waals surface area (Å²) < 4.78 is 0. The summed E-state index contributed by atoms with van der Waals surface area (Å²) in [4.78, 5) is 4.34. The summed E-state index contributed by atoms with van der Waals surface area (Å²) in [6, 6.07) is 10.6. The van der Waals surface area contributed by atoms with E-state index < -0.39 is 0 Å². The highest BCUT2D eigenvalue weighted by atomic mass is 32.2. The second-order valence-electron chi connectivity index (χ2n) is 4.89. The van der Waals surface area contributed by atoms with E-state index in [0.717, 1.165) is 24.5 Å². The number of benzene rings is 1. The third-order valence-electron chi connectivity index (χ3n) is 3.45. The van der Waals surface area contributed by atoms with E-state index in [9.17, 15) is 0 Å². The number of nitrogens with one attached hydrogen (secondary N) is 1. The van der Waals surface area contributed by atoms with Crippen molar-refractivity contribution in [1.82, 2.24) is 10.3 Å². The molecule has 1 aromatic heterocycles. The SMILES string of the molecule is c1cnc2ccc(CNCC3CCSC3)cc2c1. The van der Waals surface area contributed by atoms with Crippen molar-refractivity contribution in [3.8, 4) is 0 Å². The highest BCUT2D eigenvalue weighted by molar-refractivity contribution is 7.99. The Bertz CT molecular complexity index is 521. The van der Waals surface area contributed by atoms with Gasteiger partial charge in [-0.25, -0.2) is 0 Å². The predicted octanol–water partition coefficient (Wildman–Crippen LogP) is 3.08. The molecule has 0 bridgehead atoms. The van der Waals surface area contributed by atoms with Crippen LogP contribution < -0.4 is 5.32 Å². The Morgan fingerprint density at radius 3 is 3.22 bits per heavy atom. The molecular weight excluding hydrogens is 240 g/mol. The first-order chi connectivity index (χ1) is 8.92. The fourth-order valence-electron chi connectivity index (χ4n) is 2.40. The summed E-state index contributed by atoms with van der Waals surface area (Å²) in [5.74, 6) is 3.54. The monoisotopic (exact) mass is 258 g/mol. The molecular formula is C15H18N2S. The van der Waals surface area contributed by atoms with Crippen LogP contribution in [0.4, 0.5) is 0 Å². The average Bonchev–Trinajstić information content (AvgIpc) is 2.92. The van der Waals surface area contributed by atoms with Crippen LogP contribution in [0.2, 0.25) is 0 Å². The van der Waals surface area contributed by atoms with Crippen LogP contribution in [0.25, 0.3) is 10.9 Å². The van der Waals surface area contributed by atoms with Crippen LogP contribution in [-0.2, 0) is 6.54 Å². The van der Waals surface area contributed by atoms with Gasteiger partial charge in [0.2, 0.25) is 0 Å². The second kappa shape index (κ2) is 5.72. The first-order valence-corrected chi connectivity index (χ1v) is 7.69. The lowest BCUT2D eigenvalue weighted by molar-refractivity contribution is 0.523. The van der Waals surface area contributed by atoms with E-state index in [1.54, 1.807) is 0 Å². The number of pyridine rings is 1. The second-order valence-corrected chi connectivity index (χ2v) is 6.04. The van der Waals surface area contributed by atoms with Crippen LogP contribution in [-0.4, -0.2) is 23.0 Å². The summed E-state index contributed by atoms with van der Waals surface area (Å²) >= 11 is 2.08. The quantitative estimate of drug-likeness (QED) is 0.912. The Balaban J connectivity index is 1.60. The molecule has 1 fully saturated rings. The Morgan fingerprint density at radius 2 is 2.33 bits per heavy atom. The van der Waals surface area contributed by atoms with Gasteiger partial charge in [0, 0.05) is 18.1 Å². The van der Waals surface area contributed by atoms with Crippen LogP contribution in [0.1, 0.15) is 12.0 Å². The minimum Gasteiger partial charge on any atom is -0.312 e. The summed E-state index contributed by atoms with van der Waals surface area (Å²) in [7, 11) is 0. The minimum atomic E-state index is 0.872. The molecule has 1 N–H and O–H groups in total. The van der Waals surface area contributed by atoms with E-state index in [0.29, 0.717) is 0 Å². The highest BCUT2D eigenvalue weighted by Crippen LogP contribution is 2.22. The number of thioether (sulfide) groups is 1. The van der Waals surface area contributed by atoms with E-state index in [1.165, 1.54) is 28.9 Å². The lowest BCUT2D eigenvalue weighted by Crippen LogP contribution is -2.22. The lowest BCUT2D eigenvalue weighted by Gasteiger charge is -2.10. The maximum Gasteiger partial charge on any atom is 0.0702 e. The summed E-state index contributed by atoms with van der Waals surface area (Å²) in [5.41, 5.74) is 2.43. The van der Waals surface area contributed by atoms with Gasteiger partial charge in [0.25, 0.3) is 0 Å². The van der Waals surface area contributed by atoms with Crippen LogP contribution >= 0.6 is 11.8 Å². The zero-order valence-corrected chi connectivity index (χ0v) is 11.2. The van der Waals surface area contributed by atoms with Gasteiger partial charge in [-0.2, -0.15) is 11.8 Å². The van der Waals surface area contributed by atoms with Crippen molar-refractivity contribution in [1.29, 1.82) is 0 Å². The zero-order chi connectivity index (χ0) is 12.2. The molecule has 0 radical (unpaired) electrons. The maximum absolute atomic E-state index is 4.34. The van der Waals surface area contributed by atoms with Gasteiger partial charge in [-0.05, 0) is 54.2 Å². The molecule has 2 aromatic rings. The third-order valence-corrected chi connectivity index (χ3v) is 4.69. The fraction of sp³-hybridized carbons (Fsp3) is 0.400. The number of rotatable bonds is 4. The van der Waals surface area contributed by atoms with E-state index in [-0.39, 0.29) is 0 Å². The van der Waals surface area contributed by atoms with Crippen molar-refractivity contribution in [2.45, 2.75) is 13.0 Å². The van der Waals surface area contributed by atoms with Gasteiger partial charge in [0.1, 0.15) is 0 Å². The van der Waals surface area contributed by atoms with E-state index in [2.05, 4.69) is 46.3 Å². The average molecular weight is 258 g/mol. The molecule has 3 heteroatoms. The fourth-order valence-corrected chi connectivity index (χ4v) is 3.68. The summed E-state index contributed by atoms with van der Waals surface area (Å²) in [6.07, 6.45) is 3.22. The first kappa shape index (κ1) is 12.0. The van der Waals surface area contributed by atoms with Crippen LogP contribution in [0.5, 0.6) is 0 Å². The molecule has 94 valence electrons. The molecule has 2 nitrogen and oxygen atoms in total. The van der Waals surface area contributed by atoms with Crippen molar-refractivity contribution in [3.05, 3.63) is 42.1 Å². The number of aromatic nitrogens is 1. The number of hydrogen-bond donors (Lipinski definition) is 1. The van der Waals surface area contributed by atoms with Crippen molar-refractivity contribution < 1.29 is 0 Å². The van der Waals surface area contributed by atoms with Gasteiger partial charge >= 0.3 is 0 Å². The van der Waals surface area contributed by atoms with Crippen LogP contribution in [0, 0.1) is 5.92 Å². The molecule has 1 atom stereocenters. The molecule has 0 spiro atoms. The van der Waals surface area contributed by atoms with Crippen molar-refractivity contribution in [2.24, 2.45) is 5.92 Å². The number of nitrogens with zero attached hydrogens (tertiary/aromatic N) is 1. The van der Waals surface area contributed by atoms with E-state index >= 15 is 0 Å². The van der Waals surface area contributed by atoms with Gasteiger partial charge < -0.3 is 5.32 Å². The first-order valence-electron chi connectivity index (χ1n) is 6.54. The molecule has 1 unspecified atom stereocenters. The third kappa shape index (κ3) is 2.85. The van der Waals surface area contributed by atoms with Gasteiger partial charge in [-0.15, -0.1) is 0 Å². The highest BCUT2D eigenvalue weighted by Gasteiger charge is 2.14. The largest absolute Gasteiger partial charge is 0.312 e. The smallest absolute Gasteiger partial charge is 0.0702 e. The molecule has 1 aromatic carbocycles. The molecule has 0 saturated carbocycles. The molecule has 3 rings (SSSR count). The number of hydrogen-bond acceptors (Lipinski definition) is 3. The van der Waals surface area contributed by atoms with Gasteiger partial charge in [0.15, 0.2) is 0 Å². The summed E-state index contributed by atoms with van der Waals surface area (Å²) in [6.45, 7) is 2.12. The predicted molar refractivity (Wildman–Crippen MR) is 78.9 cm³/mol. The summed E-state index contributed by atoms with van der Waals surface area (Å²) in [5, 5.41) is 4.80. The maximum atomic E-state index is 4.34. The zero-order valence-electron chi connectivity index (χ0n) is 10.4. The normalized spacial score (nSPS) is 19.4. The Morgan fingerprint density at radius 1 is 1.33 bits per heavy atom. The van der Waals surface area contributed by atoms with Gasteiger partial charge in [0.05, 0.1) is 5.52 Å². The topological polar surface area (TPSA) is 24.9 Å². The van der Waals surface area contributed by atoms with Crippen LogP contribution in [0.15, 0.2) is 36.5 Å². The number of fused-ring (bicyclic) bond motifs is 1. The van der Waals surface area contributed by atoms with Crippen molar-refractivity contribution in [2.75, 3.05) is 18.1 Å². The Hall–Kier alpha value is -1.06. The molecule has 1 aliphatic heterocycles. The van der Waals surface area contributed by atoms with Crippen molar-refractivity contribution in [3.63, 3.8) is 0 Å². The van der Waals surface area contributed by atoms with E-state index in [4.69, 9.17) is 0 Å².